The molecule has 1 atom stereocenters. The SMILES string of the molecule is COc1cccc(C(O)=C2C(=O)C(=O)NC2c2ccc(OC)c(OC)c2)c1. The predicted molar refractivity (Wildman–Crippen MR) is 98.0 cm³/mol. The van der Waals surface area contributed by atoms with Gasteiger partial charge in [0.2, 0.25) is 0 Å². The third-order valence-electron chi connectivity index (χ3n) is 4.35. The Balaban J connectivity index is 2.12. The van der Waals surface area contributed by atoms with Crippen LogP contribution in [0.25, 0.3) is 5.76 Å². The quantitative estimate of drug-likeness (QED) is 0.478. The van der Waals surface area contributed by atoms with Gasteiger partial charge < -0.3 is 24.6 Å². The molecule has 7 heteroatoms. The highest BCUT2D eigenvalue weighted by atomic mass is 16.5. The van der Waals surface area contributed by atoms with Crippen molar-refractivity contribution in [2.45, 2.75) is 6.04 Å². The van der Waals surface area contributed by atoms with Crippen LogP contribution in [0.1, 0.15) is 17.2 Å². The van der Waals surface area contributed by atoms with Crippen molar-refractivity contribution in [3.05, 3.63) is 59.2 Å². The summed E-state index contributed by atoms with van der Waals surface area (Å²) >= 11 is 0. The standard InChI is InChI=1S/C20H19NO6/c1-25-13-6-4-5-12(9-13)18(22)16-17(21-20(24)19(16)23)11-7-8-14(26-2)15(10-11)27-3/h4-10,17,22H,1-3H3,(H,21,24). The summed E-state index contributed by atoms with van der Waals surface area (Å²) in [5.41, 5.74) is 0.927. The number of carbonyl (C=O) groups is 2. The number of nitrogens with one attached hydrogen (secondary N) is 1. The van der Waals surface area contributed by atoms with E-state index >= 15 is 0 Å². The topological polar surface area (TPSA) is 94.1 Å². The molecular weight excluding hydrogens is 350 g/mol. The first-order valence-corrected chi connectivity index (χ1v) is 8.14. The van der Waals surface area contributed by atoms with E-state index in [0.717, 1.165) is 0 Å². The molecule has 0 spiro atoms. The van der Waals surface area contributed by atoms with Crippen LogP contribution in [-0.4, -0.2) is 38.1 Å². The second-order valence-electron chi connectivity index (χ2n) is 5.84. The maximum atomic E-state index is 12.4. The van der Waals surface area contributed by atoms with Crippen LogP contribution < -0.4 is 19.5 Å². The Bertz CT molecular complexity index is 934. The summed E-state index contributed by atoms with van der Waals surface area (Å²) in [6.45, 7) is 0. The second kappa shape index (κ2) is 7.41. The minimum absolute atomic E-state index is 0.0273. The van der Waals surface area contributed by atoms with Crippen molar-refractivity contribution in [1.29, 1.82) is 0 Å². The van der Waals surface area contributed by atoms with Gasteiger partial charge in [-0.15, -0.1) is 0 Å². The van der Waals surface area contributed by atoms with E-state index in [1.165, 1.54) is 21.3 Å². The van der Waals surface area contributed by atoms with Gasteiger partial charge in [-0.2, -0.15) is 0 Å². The van der Waals surface area contributed by atoms with Gasteiger partial charge in [-0.1, -0.05) is 18.2 Å². The van der Waals surface area contributed by atoms with Crippen LogP contribution in [-0.2, 0) is 9.59 Å². The third-order valence-corrected chi connectivity index (χ3v) is 4.35. The lowest BCUT2D eigenvalue weighted by Gasteiger charge is -2.16. The van der Waals surface area contributed by atoms with E-state index in [2.05, 4.69) is 5.32 Å². The van der Waals surface area contributed by atoms with Crippen LogP contribution in [0.15, 0.2) is 48.0 Å². The van der Waals surface area contributed by atoms with Gasteiger partial charge in [-0.25, -0.2) is 0 Å². The molecule has 2 aromatic rings. The number of aliphatic hydroxyl groups excluding tert-OH is 1. The first-order valence-electron chi connectivity index (χ1n) is 8.14. The van der Waals surface area contributed by atoms with Gasteiger partial charge >= 0.3 is 0 Å². The van der Waals surface area contributed by atoms with Crippen LogP contribution in [0, 0.1) is 0 Å². The van der Waals surface area contributed by atoms with Gasteiger partial charge in [-0.05, 0) is 29.8 Å². The molecule has 0 bridgehead atoms. The highest BCUT2D eigenvalue weighted by Crippen LogP contribution is 2.37. The lowest BCUT2D eigenvalue weighted by atomic mass is 9.95. The molecule has 140 valence electrons. The molecule has 27 heavy (non-hydrogen) atoms. The zero-order valence-electron chi connectivity index (χ0n) is 15.1. The number of amides is 1. The summed E-state index contributed by atoms with van der Waals surface area (Å²) in [4.78, 5) is 24.4. The van der Waals surface area contributed by atoms with Gasteiger partial charge in [0.15, 0.2) is 11.5 Å². The Morgan fingerprint density at radius 3 is 2.37 bits per heavy atom. The molecule has 7 nitrogen and oxygen atoms in total. The highest BCUT2D eigenvalue weighted by molar-refractivity contribution is 6.46. The maximum absolute atomic E-state index is 12.4. The molecule has 1 aliphatic rings. The number of ether oxygens (including phenoxy) is 3. The summed E-state index contributed by atoms with van der Waals surface area (Å²) in [7, 11) is 4.50. The Kier molecular flexibility index (Phi) is 5.03. The molecular formula is C20H19NO6. The summed E-state index contributed by atoms with van der Waals surface area (Å²) < 4.78 is 15.6. The van der Waals surface area contributed by atoms with E-state index in [1.807, 2.05) is 0 Å². The molecule has 0 radical (unpaired) electrons. The van der Waals surface area contributed by atoms with Crippen molar-refractivity contribution in [2.75, 3.05) is 21.3 Å². The number of ketones is 1. The fourth-order valence-electron chi connectivity index (χ4n) is 2.97. The largest absolute Gasteiger partial charge is 0.507 e. The van der Waals surface area contributed by atoms with Crippen molar-refractivity contribution in [1.82, 2.24) is 5.32 Å². The van der Waals surface area contributed by atoms with Crippen LogP contribution in [0.5, 0.6) is 17.2 Å². The predicted octanol–water partition coefficient (Wildman–Crippen LogP) is 2.42. The van der Waals surface area contributed by atoms with Gasteiger partial charge in [0, 0.05) is 5.56 Å². The zero-order chi connectivity index (χ0) is 19.6. The van der Waals surface area contributed by atoms with E-state index in [4.69, 9.17) is 14.2 Å². The Morgan fingerprint density at radius 2 is 1.70 bits per heavy atom. The molecule has 3 rings (SSSR count). The first kappa shape index (κ1) is 18.3. The van der Waals surface area contributed by atoms with Gasteiger partial charge in [0.05, 0.1) is 32.9 Å². The smallest absolute Gasteiger partial charge is 0.293 e. The first-order chi connectivity index (χ1) is 13.0. The molecule has 1 unspecified atom stereocenters. The van der Waals surface area contributed by atoms with E-state index in [0.29, 0.717) is 28.4 Å². The Labute approximate surface area is 156 Å². The van der Waals surface area contributed by atoms with Crippen LogP contribution in [0.4, 0.5) is 0 Å². The molecule has 0 saturated carbocycles. The molecule has 2 aromatic carbocycles. The Hall–Kier alpha value is -3.48. The number of carbonyl (C=O) groups excluding carboxylic acids is 2. The van der Waals surface area contributed by atoms with Crippen LogP contribution in [0.2, 0.25) is 0 Å². The fourth-order valence-corrected chi connectivity index (χ4v) is 2.97. The van der Waals surface area contributed by atoms with Gasteiger partial charge in [0.1, 0.15) is 11.5 Å². The van der Waals surface area contributed by atoms with Gasteiger partial charge in [-0.3, -0.25) is 9.59 Å². The number of benzene rings is 2. The molecule has 1 aliphatic heterocycles. The van der Waals surface area contributed by atoms with E-state index in [-0.39, 0.29) is 11.3 Å². The molecule has 1 fully saturated rings. The van der Waals surface area contributed by atoms with E-state index < -0.39 is 17.7 Å². The highest BCUT2D eigenvalue weighted by Gasteiger charge is 2.39. The second-order valence-corrected chi connectivity index (χ2v) is 5.84. The molecule has 1 saturated heterocycles. The zero-order valence-corrected chi connectivity index (χ0v) is 15.1. The van der Waals surface area contributed by atoms with E-state index in [9.17, 15) is 14.7 Å². The number of aliphatic hydroxyl groups is 1. The van der Waals surface area contributed by atoms with Crippen molar-refractivity contribution in [3.8, 4) is 17.2 Å². The monoisotopic (exact) mass is 369 g/mol. The van der Waals surface area contributed by atoms with Gasteiger partial charge in [0.25, 0.3) is 11.7 Å². The van der Waals surface area contributed by atoms with Crippen molar-refractivity contribution < 1.29 is 28.9 Å². The summed E-state index contributed by atoms with van der Waals surface area (Å²) in [6.07, 6.45) is 0. The number of methoxy groups -OCH3 is 3. The molecule has 2 N–H and O–H groups in total. The minimum atomic E-state index is -0.809. The van der Waals surface area contributed by atoms with Crippen molar-refractivity contribution in [3.63, 3.8) is 0 Å². The summed E-state index contributed by atoms with van der Waals surface area (Å²) in [5.74, 6) is -0.360. The maximum Gasteiger partial charge on any atom is 0.293 e. The molecule has 1 amide bonds. The number of Topliss-reactive ketones (excluding diaryl/α,β-unsaturated/α-hetero) is 1. The number of hydrogen-bond donors (Lipinski definition) is 2. The number of hydrogen-bond acceptors (Lipinski definition) is 6. The Morgan fingerprint density at radius 1 is 0.963 bits per heavy atom. The fraction of sp³-hybridized carbons (Fsp3) is 0.200. The van der Waals surface area contributed by atoms with Crippen molar-refractivity contribution in [2.24, 2.45) is 0 Å². The van der Waals surface area contributed by atoms with Crippen LogP contribution >= 0.6 is 0 Å². The average molecular weight is 369 g/mol. The molecule has 1 heterocycles. The summed E-state index contributed by atoms with van der Waals surface area (Å²) in [5, 5.41) is 13.3. The average Bonchev–Trinajstić information content (AvgIpc) is 3.01. The number of rotatable bonds is 5. The lowest BCUT2D eigenvalue weighted by Crippen LogP contribution is -2.21. The summed E-state index contributed by atoms with van der Waals surface area (Å²) in [6, 6.07) is 10.8. The van der Waals surface area contributed by atoms with Crippen LogP contribution in [0.3, 0.4) is 0 Å². The third kappa shape index (κ3) is 3.31. The van der Waals surface area contributed by atoms with E-state index in [1.54, 1.807) is 42.5 Å². The normalized spacial score (nSPS) is 18.1. The lowest BCUT2D eigenvalue weighted by molar-refractivity contribution is -0.133. The molecule has 0 aliphatic carbocycles. The minimum Gasteiger partial charge on any atom is -0.507 e. The molecule has 0 aromatic heterocycles. The van der Waals surface area contributed by atoms with Crippen molar-refractivity contribution >= 4 is 17.4 Å².